The van der Waals surface area contributed by atoms with Gasteiger partial charge < -0.3 is 10.6 Å². The molecule has 0 unspecified atom stereocenters. The maximum Gasteiger partial charge on any atom is 0.244 e. The van der Waals surface area contributed by atoms with Crippen LogP contribution in [-0.2, 0) is 19.6 Å². The number of rotatable bonds is 7. The summed E-state index contributed by atoms with van der Waals surface area (Å²) in [5.74, 6) is -0.194. The van der Waals surface area contributed by atoms with Crippen molar-refractivity contribution in [2.24, 2.45) is 11.8 Å². The second kappa shape index (κ2) is 10.7. The van der Waals surface area contributed by atoms with Gasteiger partial charge in [0.2, 0.25) is 21.8 Å². The molecular weight excluding hydrogens is 416 g/mol. The molecule has 0 spiro atoms. The number of piperidine rings is 1. The largest absolute Gasteiger partial charge is 0.354 e. The SMILES string of the molecule is N#Cc1ccccc1S(=O)(=O)N1CCC(C(=O)NCCNC(=O)C2CCCCC2)CC1. The molecule has 0 bridgehead atoms. The van der Waals surface area contributed by atoms with E-state index < -0.39 is 10.0 Å². The molecule has 0 atom stereocenters. The first-order chi connectivity index (χ1) is 14.9. The van der Waals surface area contributed by atoms with Gasteiger partial charge in [-0.15, -0.1) is 0 Å². The highest BCUT2D eigenvalue weighted by Gasteiger charge is 2.33. The lowest BCUT2D eigenvalue weighted by molar-refractivity contribution is -0.127. The predicted octanol–water partition coefficient (Wildman–Crippen LogP) is 1.77. The van der Waals surface area contributed by atoms with E-state index in [-0.39, 0.29) is 47.2 Å². The van der Waals surface area contributed by atoms with E-state index in [1.54, 1.807) is 12.1 Å². The topological polar surface area (TPSA) is 119 Å². The molecule has 31 heavy (non-hydrogen) atoms. The summed E-state index contributed by atoms with van der Waals surface area (Å²) in [6.45, 7) is 1.24. The molecule has 2 amide bonds. The average molecular weight is 447 g/mol. The fourth-order valence-corrected chi connectivity index (χ4v) is 5.92. The minimum atomic E-state index is -3.76. The van der Waals surface area contributed by atoms with Crippen LogP contribution >= 0.6 is 0 Å². The quantitative estimate of drug-likeness (QED) is 0.619. The first-order valence-electron chi connectivity index (χ1n) is 11.0. The summed E-state index contributed by atoms with van der Waals surface area (Å²) in [5, 5.41) is 14.9. The summed E-state index contributed by atoms with van der Waals surface area (Å²) >= 11 is 0. The number of nitrogens with one attached hydrogen (secondary N) is 2. The van der Waals surface area contributed by atoms with Gasteiger partial charge in [-0.2, -0.15) is 9.57 Å². The van der Waals surface area contributed by atoms with Gasteiger partial charge >= 0.3 is 0 Å². The van der Waals surface area contributed by atoms with Crippen LogP contribution in [0.2, 0.25) is 0 Å². The Balaban J connectivity index is 1.42. The maximum atomic E-state index is 12.9. The Hall–Kier alpha value is -2.44. The van der Waals surface area contributed by atoms with Gasteiger partial charge in [-0.25, -0.2) is 8.42 Å². The third kappa shape index (κ3) is 5.83. The molecule has 1 aliphatic heterocycles. The number of sulfonamides is 1. The van der Waals surface area contributed by atoms with Crippen molar-refractivity contribution < 1.29 is 18.0 Å². The standard InChI is InChI=1S/C22H30N4O4S/c23-16-19-8-4-5-9-20(19)31(29,30)26-14-10-18(11-15-26)22(28)25-13-12-24-21(27)17-6-2-1-3-7-17/h4-5,8-9,17-18H,1-3,6-7,10-15H2,(H,24,27)(H,25,28). The molecule has 2 N–H and O–H groups in total. The van der Waals surface area contributed by atoms with Crippen molar-refractivity contribution in [2.75, 3.05) is 26.2 Å². The van der Waals surface area contributed by atoms with Crippen molar-refractivity contribution in [3.05, 3.63) is 29.8 Å². The van der Waals surface area contributed by atoms with E-state index >= 15 is 0 Å². The molecule has 8 nitrogen and oxygen atoms in total. The Labute approximate surface area is 184 Å². The van der Waals surface area contributed by atoms with Crippen LogP contribution < -0.4 is 10.6 Å². The van der Waals surface area contributed by atoms with E-state index in [2.05, 4.69) is 10.6 Å². The smallest absolute Gasteiger partial charge is 0.244 e. The van der Waals surface area contributed by atoms with Crippen LogP contribution in [0.25, 0.3) is 0 Å². The monoisotopic (exact) mass is 446 g/mol. The highest BCUT2D eigenvalue weighted by Crippen LogP contribution is 2.26. The van der Waals surface area contributed by atoms with E-state index in [0.29, 0.717) is 25.9 Å². The van der Waals surface area contributed by atoms with Gasteiger partial charge in [-0.1, -0.05) is 31.4 Å². The van der Waals surface area contributed by atoms with Crippen LogP contribution in [-0.4, -0.2) is 50.7 Å². The lowest BCUT2D eigenvalue weighted by atomic mass is 9.89. The van der Waals surface area contributed by atoms with Gasteiger partial charge in [-0.05, 0) is 37.8 Å². The van der Waals surface area contributed by atoms with Crippen molar-refractivity contribution in [1.82, 2.24) is 14.9 Å². The van der Waals surface area contributed by atoms with E-state index in [0.717, 1.165) is 25.7 Å². The van der Waals surface area contributed by atoms with Gasteiger partial charge in [0.25, 0.3) is 0 Å². The number of nitriles is 1. The molecule has 1 heterocycles. The molecule has 2 fully saturated rings. The summed E-state index contributed by atoms with van der Waals surface area (Å²) < 4.78 is 27.1. The molecule has 1 aliphatic carbocycles. The molecule has 1 saturated carbocycles. The highest BCUT2D eigenvalue weighted by molar-refractivity contribution is 7.89. The van der Waals surface area contributed by atoms with Gasteiger partial charge in [0.05, 0.1) is 10.5 Å². The van der Waals surface area contributed by atoms with Crippen LogP contribution in [0.4, 0.5) is 0 Å². The third-order valence-corrected chi connectivity index (χ3v) is 8.11. The molecule has 0 radical (unpaired) electrons. The van der Waals surface area contributed by atoms with Crippen molar-refractivity contribution in [2.45, 2.75) is 49.8 Å². The number of carbonyl (C=O) groups excluding carboxylic acids is 2. The minimum absolute atomic E-state index is 0.00843. The fraction of sp³-hybridized carbons (Fsp3) is 0.591. The molecule has 9 heteroatoms. The van der Waals surface area contributed by atoms with Gasteiger partial charge in [0.1, 0.15) is 6.07 Å². The van der Waals surface area contributed by atoms with Crippen LogP contribution in [0.15, 0.2) is 29.2 Å². The zero-order valence-corrected chi connectivity index (χ0v) is 18.5. The Kier molecular flexibility index (Phi) is 8.04. The van der Waals surface area contributed by atoms with E-state index in [1.807, 2.05) is 6.07 Å². The van der Waals surface area contributed by atoms with Crippen LogP contribution in [0.1, 0.15) is 50.5 Å². The van der Waals surface area contributed by atoms with Crippen LogP contribution in [0, 0.1) is 23.2 Å². The van der Waals surface area contributed by atoms with E-state index in [4.69, 9.17) is 0 Å². The molecule has 3 rings (SSSR count). The van der Waals surface area contributed by atoms with E-state index in [9.17, 15) is 23.3 Å². The molecule has 1 aromatic carbocycles. The summed E-state index contributed by atoms with van der Waals surface area (Å²) in [6.07, 6.45) is 6.14. The van der Waals surface area contributed by atoms with Crippen molar-refractivity contribution >= 4 is 21.8 Å². The third-order valence-electron chi connectivity index (χ3n) is 6.15. The Morgan fingerprint density at radius 2 is 1.48 bits per heavy atom. The first-order valence-corrected chi connectivity index (χ1v) is 12.4. The normalized spacial score (nSPS) is 18.8. The molecule has 1 saturated heterocycles. The Morgan fingerprint density at radius 3 is 2.06 bits per heavy atom. The van der Waals surface area contributed by atoms with Gasteiger partial charge in [0.15, 0.2) is 0 Å². The summed E-state index contributed by atoms with van der Waals surface area (Å²) in [5.41, 5.74) is 0.123. The number of benzene rings is 1. The summed E-state index contributed by atoms with van der Waals surface area (Å²) in [6, 6.07) is 8.08. The predicted molar refractivity (Wildman–Crippen MR) is 115 cm³/mol. The summed E-state index contributed by atoms with van der Waals surface area (Å²) in [7, 11) is -3.76. The van der Waals surface area contributed by atoms with Gasteiger partial charge in [0, 0.05) is 38.0 Å². The molecule has 0 aromatic heterocycles. The summed E-state index contributed by atoms with van der Waals surface area (Å²) in [4.78, 5) is 24.6. The lowest BCUT2D eigenvalue weighted by Crippen LogP contribution is -2.44. The number of nitrogens with zero attached hydrogens (tertiary/aromatic N) is 2. The Morgan fingerprint density at radius 1 is 0.935 bits per heavy atom. The average Bonchev–Trinajstić information content (AvgIpc) is 2.82. The second-order valence-electron chi connectivity index (χ2n) is 8.20. The van der Waals surface area contributed by atoms with E-state index in [1.165, 1.54) is 22.9 Å². The number of hydrogen-bond donors (Lipinski definition) is 2. The van der Waals surface area contributed by atoms with Crippen LogP contribution in [0.3, 0.4) is 0 Å². The molecule has 1 aromatic rings. The van der Waals surface area contributed by atoms with Gasteiger partial charge in [-0.3, -0.25) is 9.59 Å². The maximum absolute atomic E-state index is 12.9. The number of carbonyl (C=O) groups is 2. The van der Waals surface area contributed by atoms with Crippen LogP contribution in [0.5, 0.6) is 0 Å². The minimum Gasteiger partial charge on any atom is -0.354 e. The zero-order chi connectivity index (χ0) is 22.3. The molecule has 168 valence electrons. The fourth-order valence-electron chi connectivity index (χ4n) is 4.31. The van der Waals surface area contributed by atoms with Crippen molar-refractivity contribution in [3.63, 3.8) is 0 Å². The molecule has 2 aliphatic rings. The lowest BCUT2D eigenvalue weighted by Gasteiger charge is -2.30. The van der Waals surface area contributed by atoms with Crippen molar-refractivity contribution in [3.8, 4) is 6.07 Å². The highest BCUT2D eigenvalue weighted by atomic mass is 32.2. The number of hydrogen-bond acceptors (Lipinski definition) is 5. The molecular formula is C22H30N4O4S. The number of amides is 2. The first kappa shape index (κ1) is 23.2. The Bertz CT molecular complexity index is 927. The zero-order valence-electron chi connectivity index (χ0n) is 17.7. The van der Waals surface area contributed by atoms with Crippen molar-refractivity contribution in [1.29, 1.82) is 5.26 Å². The second-order valence-corrected chi connectivity index (χ2v) is 10.1.